The second-order valence-electron chi connectivity index (χ2n) is 9.28. The number of carboxylic acid groups (broad SMARTS) is 1. The number of alkyl carbamates (subject to hydrolysis) is 1. The Balaban J connectivity index is 1.58. The molecular weight excluding hydrogens is 486 g/mol. The Bertz CT molecular complexity index is 954. The third-order valence-corrected chi connectivity index (χ3v) is 6.04. The molecule has 0 saturated carbocycles. The first-order chi connectivity index (χ1) is 15.6. The largest absolute Gasteiger partial charge is 0.480 e. The van der Waals surface area contributed by atoms with Crippen LogP contribution in [0, 0.1) is 0 Å². The van der Waals surface area contributed by atoms with Crippen molar-refractivity contribution in [3.8, 4) is 0 Å². The van der Waals surface area contributed by atoms with Crippen LogP contribution in [0.3, 0.4) is 0 Å². The molecule has 178 valence electrons. The molecule has 1 aliphatic heterocycles. The van der Waals surface area contributed by atoms with Gasteiger partial charge in [0.25, 0.3) is 0 Å². The van der Waals surface area contributed by atoms with Gasteiger partial charge in [0.05, 0.1) is 5.69 Å². The Hall–Kier alpha value is -2.58. The molecule has 0 aliphatic carbocycles. The number of carboxylic acids is 1. The highest BCUT2D eigenvalue weighted by Crippen LogP contribution is 2.29. The lowest BCUT2D eigenvalue weighted by Gasteiger charge is -2.36. The summed E-state index contributed by atoms with van der Waals surface area (Å²) in [7, 11) is 0. The van der Waals surface area contributed by atoms with Gasteiger partial charge >= 0.3 is 12.1 Å². The number of hydrogen-bond acceptors (Lipinski definition) is 5. The maximum absolute atomic E-state index is 12.0. The zero-order valence-electron chi connectivity index (χ0n) is 19.4. The van der Waals surface area contributed by atoms with E-state index in [1.807, 2.05) is 24.3 Å². The average molecular weight is 518 g/mol. The number of halogens is 1. The summed E-state index contributed by atoms with van der Waals surface area (Å²) in [5.41, 5.74) is 2.54. The number of benzene rings is 2. The standard InChI is InChI=1S/C25H32BrN3O4/c1-25(2,3)33-24(32)27-21(23(30)31)16-19-9-10-22(20(26)15-19)29-13-11-28(12-14-29)17-18-7-5-4-6-8-18/h4-10,15,21H,11-14,16-17H2,1-3H3,(H,27,32)(H,30,31). The van der Waals surface area contributed by atoms with Gasteiger partial charge in [0.1, 0.15) is 11.6 Å². The van der Waals surface area contributed by atoms with Gasteiger partial charge in [0.2, 0.25) is 0 Å². The number of carbonyl (C=O) groups excluding carboxylic acids is 1. The topological polar surface area (TPSA) is 82.1 Å². The fraction of sp³-hybridized carbons (Fsp3) is 0.440. The zero-order valence-corrected chi connectivity index (χ0v) is 21.0. The Morgan fingerprint density at radius 2 is 1.73 bits per heavy atom. The summed E-state index contributed by atoms with van der Waals surface area (Å²) in [5.74, 6) is -1.10. The number of piperazine rings is 1. The van der Waals surface area contributed by atoms with Crippen LogP contribution < -0.4 is 10.2 Å². The molecule has 1 aliphatic rings. The average Bonchev–Trinajstić information content (AvgIpc) is 2.73. The maximum Gasteiger partial charge on any atom is 0.408 e. The van der Waals surface area contributed by atoms with E-state index in [0.717, 1.165) is 48.4 Å². The van der Waals surface area contributed by atoms with Crippen LogP contribution in [0.4, 0.5) is 10.5 Å². The molecule has 0 spiro atoms. The second-order valence-corrected chi connectivity index (χ2v) is 10.1. The highest BCUT2D eigenvalue weighted by Gasteiger charge is 2.25. The van der Waals surface area contributed by atoms with Crippen LogP contribution in [0.1, 0.15) is 31.9 Å². The highest BCUT2D eigenvalue weighted by atomic mass is 79.9. The molecule has 1 heterocycles. The van der Waals surface area contributed by atoms with E-state index in [1.54, 1.807) is 20.8 Å². The van der Waals surface area contributed by atoms with Crippen molar-refractivity contribution in [2.75, 3.05) is 31.1 Å². The first kappa shape index (κ1) is 25.1. The van der Waals surface area contributed by atoms with E-state index in [-0.39, 0.29) is 6.42 Å². The molecular formula is C25H32BrN3O4. The number of amides is 1. The smallest absolute Gasteiger partial charge is 0.408 e. The zero-order chi connectivity index (χ0) is 24.0. The van der Waals surface area contributed by atoms with Crippen LogP contribution in [0.2, 0.25) is 0 Å². The molecule has 33 heavy (non-hydrogen) atoms. The van der Waals surface area contributed by atoms with Gasteiger partial charge < -0.3 is 20.1 Å². The Morgan fingerprint density at radius 3 is 2.30 bits per heavy atom. The first-order valence-corrected chi connectivity index (χ1v) is 11.9. The highest BCUT2D eigenvalue weighted by molar-refractivity contribution is 9.10. The fourth-order valence-electron chi connectivity index (χ4n) is 3.81. The molecule has 2 aromatic carbocycles. The molecule has 8 heteroatoms. The quantitative estimate of drug-likeness (QED) is 0.569. The van der Waals surface area contributed by atoms with Gasteiger partial charge in [0, 0.05) is 43.6 Å². The van der Waals surface area contributed by atoms with Gasteiger partial charge in [-0.05, 0) is 60.0 Å². The number of anilines is 1. The molecule has 0 bridgehead atoms. The van der Waals surface area contributed by atoms with Gasteiger partial charge in [-0.3, -0.25) is 4.90 Å². The Kier molecular flexibility index (Phi) is 8.37. The number of nitrogens with one attached hydrogen (secondary N) is 1. The normalized spacial score (nSPS) is 15.7. The lowest BCUT2D eigenvalue weighted by atomic mass is 10.1. The minimum absolute atomic E-state index is 0.165. The Morgan fingerprint density at radius 1 is 1.06 bits per heavy atom. The van der Waals surface area contributed by atoms with E-state index in [1.165, 1.54) is 5.56 Å². The van der Waals surface area contributed by atoms with Crippen molar-refractivity contribution in [3.63, 3.8) is 0 Å². The van der Waals surface area contributed by atoms with Crippen LogP contribution in [0.15, 0.2) is 53.0 Å². The molecule has 0 radical (unpaired) electrons. The van der Waals surface area contributed by atoms with E-state index < -0.39 is 23.7 Å². The minimum atomic E-state index is -1.10. The number of rotatable bonds is 7. The van der Waals surface area contributed by atoms with Gasteiger partial charge in [-0.2, -0.15) is 0 Å². The maximum atomic E-state index is 12.0. The van der Waals surface area contributed by atoms with E-state index >= 15 is 0 Å². The van der Waals surface area contributed by atoms with Crippen molar-refractivity contribution in [2.45, 2.75) is 45.4 Å². The molecule has 0 aromatic heterocycles. The van der Waals surface area contributed by atoms with E-state index in [2.05, 4.69) is 55.3 Å². The monoisotopic (exact) mass is 517 g/mol. The SMILES string of the molecule is CC(C)(C)OC(=O)NC(Cc1ccc(N2CCN(Cc3ccccc3)CC2)c(Br)c1)C(=O)O. The predicted molar refractivity (Wildman–Crippen MR) is 133 cm³/mol. The van der Waals surface area contributed by atoms with Crippen molar-refractivity contribution in [1.82, 2.24) is 10.2 Å². The molecule has 2 N–H and O–H groups in total. The minimum Gasteiger partial charge on any atom is -0.480 e. The molecule has 2 aromatic rings. The molecule has 1 amide bonds. The van der Waals surface area contributed by atoms with Crippen LogP contribution in [-0.2, 0) is 22.5 Å². The summed E-state index contributed by atoms with van der Waals surface area (Å²) in [4.78, 5) is 28.5. The van der Waals surface area contributed by atoms with Crippen LogP contribution in [0.5, 0.6) is 0 Å². The lowest BCUT2D eigenvalue weighted by molar-refractivity contribution is -0.139. The number of ether oxygens (including phenoxy) is 1. The third-order valence-electron chi connectivity index (χ3n) is 5.40. The van der Waals surface area contributed by atoms with Gasteiger partial charge in [-0.25, -0.2) is 9.59 Å². The molecule has 1 atom stereocenters. The first-order valence-electron chi connectivity index (χ1n) is 11.1. The number of hydrogen-bond donors (Lipinski definition) is 2. The van der Waals surface area contributed by atoms with Crippen molar-refractivity contribution in [2.24, 2.45) is 0 Å². The molecule has 3 rings (SSSR count). The fourth-order valence-corrected chi connectivity index (χ4v) is 4.48. The summed E-state index contributed by atoms with van der Waals surface area (Å²) in [6.45, 7) is 9.95. The van der Waals surface area contributed by atoms with Gasteiger partial charge in [-0.15, -0.1) is 0 Å². The van der Waals surface area contributed by atoms with E-state index in [9.17, 15) is 14.7 Å². The van der Waals surface area contributed by atoms with E-state index in [0.29, 0.717) is 0 Å². The van der Waals surface area contributed by atoms with Crippen molar-refractivity contribution in [1.29, 1.82) is 0 Å². The molecule has 1 saturated heterocycles. The number of aliphatic carboxylic acids is 1. The summed E-state index contributed by atoms with van der Waals surface area (Å²) in [6, 6.07) is 15.3. The third kappa shape index (κ3) is 7.75. The molecule has 7 nitrogen and oxygen atoms in total. The van der Waals surface area contributed by atoms with Crippen LogP contribution in [0.25, 0.3) is 0 Å². The predicted octanol–water partition coefficient (Wildman–Crippen LogP) is 4.29. The molecule has 1 unspecified atom stereocenters. The number of carbonyl (C=O) groups is 2. The molecule has 1 fully saturated rings. The van der Waals surface area contributed by atoms with Gasteiger partial charge in [-0.1, -0.05) is 36.4 Å². The van der Waals surface area contributed by atoms with Crippen molar-refractivity contribution < 1.29 is 19.4 Å². The summed E-state index contributed by atoms with van der Waals surface area (Å²) in [6.07, 6.45) is -0.572. The summed E-state index contributed by atoms with van der Waals surface area (Å²) < 4.78 is 6.11. The second kappa shape index (κ2) is 11.0. The van der Waals surface area contributed by atoms with Gasteiger partial charge in [0.15, 0.2) is 0 Å². The van der Waals surface area contributed by atoms with Crippen LogP contribution >= 0.6 is 15.9 Å². The van der Waals surface area contributed by atoms with Crippen LogP contribution in [-0.4, -0.2) is 59.9 Å². The van der Waals surface area contributed by atoms with Crippen molar-refractivity contribution >= 4 is 33.7 Å². The lowest BCUT2D eigenvalue weighted by Crippen LogP contribution is -2.46. The van der Waals surface area contributed by atoms with E-state index in [4.69, 9.17) is 4.74 Å². The Labute approximate surface area is 203 Å². The summed E-state index contributed by atoms with van der Waals surface area (Å²) in [5, 5.41) is 12.0. The van der Waals surface area contributed by atoms with Crippen molar-refractivity contribution in [3.05, 3.63) is 64.1 Å². The summed E-state index contributed by atoms with van der Waals surface area (Å²) >= 11 is 3.65. The number of nitrogens with zero attached hydrogens (tertiary/aromatic N) is 2.